The minimum atomic E-state index is -0.902. The molecule has 2 aliphatic carbocycles. The Kier molecular flexibility index (Phi) is 6.79. The Hall–Kier alpha value is -2.48. The van der Waals surface area contributed by atoms with Gasteiger partial charge in [-0.15, -0.1) is 0 Å². The van der Waals surface area contributed by atoms with Gasteiger partial charge in [0, 0.05) is 22.9 Å². The largest absolute Gasteiger partial charge is 0.507 e. The normalized spacial score (nSPS) is 24.0. The number of benzene rings is 1. The first-order valence-corrected chi connectivity index (χ1v) is 11.3. The van der Waals surface area contributed by atoms with Crippen LogP contribution in [0.25, 0.3) is 0 Å². The lowest BCUT2D eigenvalue weighted by Crippen LogP contribution is -2.25. The van der Waals surface area contributed by atoms with E-state index in [2.05, 4.69) is 11.9 Å². The third kappa shape index (κ3) is 5.28. The number of aliphatic hydroxyl groups excluding tert-OH is 1. The van der Waals surface area contributed by atoms with Gasteiger partial charge in [0.05, 0.1) is 17.2 Å². The summed E-state index contributed by atoms with van der Waals surface area (Å²) < 4.78 is 17.1. The van der Waals surface area contributed by atoms with Crippen molar-refractivity contribution in [3.63, 3.8) is 0 Å². The van der Waals surface area contributed by atoms with Crippen LogP contribution in [-0.4, -0.2) is 34.6 Å². The van der Waals surface area contributed by atoms with Crippen molar-refractivity contribution in [1.82, 2.24) is 0 Å². The predicted molar refractivity (Wildman–Crippen MR) is 120 cm³/mol. The van der Waals surface area contributed by atoms with Crippen molar-refractivity contribution in [3.8, 4) is 5.75 Å². The van der Waals surface area contributed by atoms with Crippen molar-refractivity contribution in [2.45, 2.75) is 70.1 Å². The van der Waals surface area contributed by atoms with Gasteiger partial charge >= 0.3 is 0 Å². The Morgan fingerprint density at radius 2 is 1.84 bits per heavy atom. The molecule has 1 aromatic rings. The van der Waals surface area contributed by atoms with Crippen molar-refractivity contribution in [2.24, 2.45) is 0 Å². The van der Waals surface area contributed by atoms with E-state index in [0.29, 0.717) is 28.3 Å². The van der Waals surface area contributed by atoms with Crippen molar-refractivity contribution in [1.29, 1.82) is 0 Å². The molecule has 2 atom stereocenters. The minimum absolute atomic E-state index is 0.0606. The third-order valence-electron chi connectivity index (χ3n) is 5.92. The summed E-state index contributed by atoms with van der Waals surface area (Å²) in [6.07, 6.45) is 6.35. The summed E-state index contributed by atoms with van der Waals surface area (Å²) in [6.45, 7) is 5.49. The topological polar surface area (TPSA) is 101 Å². The molecule has 32 heavy (non-hydrogen) atoms. The fourth-order valence-electron chi connectivity index (χ4n) is 3.42. The molecule has 3 aliphatic rings. The number of phenolic OH excluding ortho intramolecular Hbond substituents is 1. The molecule has 0 spiro atoms. The van der Waals surface area contributed by atoms with Crippen LogP contribution >= 0.6 is 11.6 Å². The average molecular weight is 462 g/mol. The van der Waals surface area contributed by atoms with Gasteiger partial charge in [-0.25, -0.2) is 0 Å². The van der Waals surface area contributed by atoms with E-state index in [-0.39, 0.29) is 28.9 Å². The van der Waals surface area contributed by atoms with E-state index in [1.54, 1.807) is 25.1 Å². The number of rotatable bonds is 9. The minimum Gasteiger partial charge on any atom is -0.507 e. The molecular weight excluding hydrogens is 434 g/mol. The van der Waals surface area contributed by atoms with Gasteiger partial charge in [-0.3, -0.25) is 4.79 Å². The van der Waals surface area contributed by atoms with E-state index in [9.17, 15) is 15.0 Å². The van der Waals surface area contributed by atoms with E-state index in [4.69, 9.17) is 25.8 Å². The zero-order valence-electron chi connectivity index (χ0n) is 18.0. The highest BCUT2D eigenvalue weighted by Crippen LogP contribution is 2.41. The number of ether oxygens (including phenoxy) is 3. The number of nitrogens with one attached hydrogen (secondary N) is 1. The Morgan fingerprint density at radius 1 is 1.22 bits per heavy atom. The first-order chi connectivity index (χ1) is 15.3. The first-order valence-electron chi connectivity index (χ1n) is 10.9. The van der Waals surface area contributed by atoms with Crippen LogP contribution in [0.5, 0.6) is 5.75 Å². The molecule has 3 fully saturated rings. The Balaban J connectivity index is 1.51. The second-order valence-corrected chi connectivity index (χ2v) is 8.90. The number of halogens is 1. The van der Waals surface area contributed by atoms with E-state index in [0.717, 1.165) is 38.5 Å². The highest BCUT2D eigenvalue weighted by atomic mass is 35.5. The Morgan fingerprint density at radius 3 is 2.34 bits per heavy atom. The lowest BCUT2D eigenvalue weighted by Gasteiger charge is -2.31. The lowest BCUT2D eigenvalue weighted by molar-refractivity contribution is -0.112. The summed E-state index contributed by atoms with van der Waals surface area (Å²) in [4.78, 5) is 12.8. The molecule has 0 bridgehead atoms. The maximum absolute atomic E-state index is 12.8. The van der Waals surface area contributed by atoms with Crippen LogP contribution in [0, 0.1) is 0 Å². The van der Waals surface area contributed by atoms with Crippen molar-refractivity contribution in [2.75, 3.05) is 5.32 Å². The summed E-state index contributed by atoms with van der Waals surface area (Å²) >= 11 is 6.23. The fourth-order valence-corrected chi connectivity index (χ4v) is 3.56. The molecule has 2 saturated carbocycles. The SMILES string of the molecule is C=C(Cl)C(OC1CCC1)=C(C=C(C)C(=O)Nc1ccc(C2OC2O)c(O)c1)OC1CCC1. The number of hydrogen-bond acceptors (Lipinski definition) is 6. The molecule has 4 rings (SSSR count). The monoisotopic (exact) mass is 461 g/mol. The molecule has 0 radical (unpaired) electrons. The molecule has 1 heterocycles. The number of carbonyl (C=O) groups is 1. The molecule has 172 valence electrons. The zero-order chi connectivity index (χ0) is 22.8. The quantitative estimate of drug-likeness (QED) is 0.212. The van der Waals surface area contributed by atoms with Crippen LogP contribution in [0.4, 0.5) is 5.69 Å². The van der Waals surface area contributed by atoms with Gasteiger partial charge in [0.15, 0.2) is 17.8 Å². The van der Waals surface area contributed by atoms with Crippen LogP contribution in [-0.2, 0) is 19.0 Å². The maximum Gasteiger partial charge on any atom is 0.251 e. The molecule has 3 N–H and O–H groups in total. The summed E-state index contributed by atoms with van der Waals surface area (Å²) in [5.74, 6) is 0.361. The van der Waals surface area contributed by atoms with Crippen LogP contribution in [0.15, 0.2) is 53.0 Å². The number of epoxide rings is 1. The smallest absolute Gasteiger partial charge is 0.251 e. The molecule has 1 amide bonds. The molecule has 7 nitrogen and oxygen atoms in total. The second-order valence-electron chi connectivity index (χ2n) is 8.44. The molecule has 8 heteroatoms. The molecule has 1 saturated heterocycles. The van der Waals surface area contributed by atoms with Gasteiger partial charge in [0.2, 0.25) is 0 Å². The van der Waals surface area contributed by atoms with E-state index >= 15 is 0 Å². The molecule has 2 unspecified atom stereocenters. The van der Waals surface area contributed by atoms with Gasteiger partial charge in [-0.2, -0.15) is 0 Å². The summed E-state index contributed by atoms with van der Waals surface area (Å²) in [5.41, 5.74) is 1.27. The van der Waals surface area contributed by atoms with Crippen molar-refractivity contribution >= 4 is 23.2 Å². The van der Waals surface area contributed by atoms with Gasteiger partial charge in [0.1, 0.15) is 11.9 Å². The summed E-state index contributed by atoms with van der Waals surface area (Å²) in [7, 11) is 0. The van der Waals surface area contributed by atoms with E-state index < -0.39 is 12.4 Å². The Labute approximate surface area is 192 Å². The number of amides is 1. The van der Waals surface area contributed by atoms with E-state index in [1.807, 2.05) is 0 Å². The number of hydrogen-bond donors (Lipinski definition) is 3. The average Bonchev–Trinajstić information content (AvgIpc) is 3.38. The standard InChI is InChI=1S/C24H28ClNO6/c1-13(23(28)26-15-9-10-18(19(27)12-15)22-24(29)32-22)11-20(30-16-5-3-6-16)21(14(2)25)31-17-7-4-8-17/h9-12,16-17,22,24,27,29H,2-8H2,1H3,(H,26,28). The van der Waals surface area contributed by atoms with E-state index in [1.165, 1.54) is 6.07 Å². The second kappa shape index (κ2) is 9.57. The highest BCUT2D eigenvalue weighted by molar-refractivity contribution is 6.31. The molecule has 1 aromatic carbocycles. The molecule has 0 aromatic heterocycles. The van der Waals surface area contributed by atoms with Crippen molar-refractivity contribution in [3.05, 3.63) is 58.5 Å². The number of aliphatic hydroxyl groups is 1. The summed E-state index contributed by atoms with van der Waals surface area (Å²) in [6, 6.07) is 4.67. The Bertz CT molecular complexity index is 963. The van der Waals surface area contributed by atoms with Crippen LogP contribution in [0.1, 0.15) is 57.1 Å². The van der Waals surface area contributed by atoms with Gasteiger partial charge in [0.25, 0.3) is 5.91 Å². The van der Waals surface area contributed by atoms with Gasteiger partial charge < -0.3 is 29.7 Å². The predicted octanol–water partition coefficient (Wildman–Crippen LogP) is 4.77. The van der Waals surface area contributed by atoms with Crippen LogP contribution < -0.4 is 5.32 Å². The third-order valence-corrected chi connectivity index (χ3v) is 6.09. The number of aromatic hydroxyl groups is 1. The maximum atomic E-state index is 12.8. The number of anilines is 1. The van der Waals surface area contributed by atoms with Gasteiger partial charge in [-0.1, -0.05) is 24.2 Å². The highest BCUT2D eigenvalue weighted by Gasteiger charge is 2.40. The number of allylic oxidation sites excluding steroid dienone is 2. The summed E-state index contributed by atoms with van der Waals surface area (Å²) in [5, 5.41) is 22.5. The fraction of sp³-hybridized carbons (Fsp3) is 0.458. The number of carbonyl (C=O) groups excluding carboxylic acids is 1. The number of phenols is 1. The lowest BCUT2D eigenvalue weighted by atomic mass is 9.96. The molecular formula is C24H28ClNO6. The molecule has 1 aliphatic heterocycles. The van der Waals surface area contributed by atoms with Gasteiger partial charge in [-0.05, 0) is 57.6 Å². The first kappa shape index (κ1) is 22.7. The zero-order valence-corrected chi connectivity index (χ0v) is 18.7. The van der Waals surface area contributed by atoms with Crippen LogP contribution in [0.3, 0.4) is 0 Å². The van der Waals surface area contributed by atoms with Crippen LogP contribution in [0.2, 0.25) is 0 Å². The van der Waals surface area contributed by atoms with Crippen molar-refractivity contribution < 1.29 is 29.2 Å².